The standard InChI is InChI=1S/C34H39N3O4S/c1-4-5-21-35-34(39)32(22-27-11-7-6-8-12-27)37(24-28-17-15-26(2)16-18-28)33(38)25-36(3)42(40,41)31-20-19-29-13-9-10-14-30(29)23-31/h6-20,23,32H,4-5,21-22,24-25H2,1-3H3,(H,35,39)/t32-/m1/s1. The van der Waals surface area contributed by atoms with Crippen molar-refractivity contribution in [2.45, 2.75) is 50.6 Å². The Kier molecular flexibility index (Phi) is 10.5. The van der Waals surface area contributed by atoms with Crippen LogP contribution in [0.15, 0.2) is 102 Å². The molecule has 1 N–H and O–H groups in total. The minimum atomic E-state index is -3.97. The summed E-state index contributed by atoms with van der Waals surface area (Å²) in [5, 5.41) is 4.72. The van der Waals surface area contributed by atoms with Gasteiger partial charge in [0.2, 0.25) is 21.8 Å². The maximum atomic E-state index is 14.0. The summed E-state index contributed by atoms with van der Waals surface area (Å²) in [6.45, 7) is 4.30. The number of hydrogen-bond donors (Lipinski definition) is 1. The number of amides is 2. The Morgan fingerprint density at radius 2 is 1.50 bits per heavy atom. The van der Waals surface area contributed by atoms with Crippen molar-refractivity contribution in [3.05, 3.63) is 114 Å². The lowest BCUT2D eigenvalue weighted by Gasteiger charge is -2.32. The predicted octanol–water partition coefficient (Wildman–Crippen LogP) is 5.33. The lowest BCUT2D eigenvalue weighted by atomic mass is 10.0. The van der Waals surface area contributed by atoms with Gasteiger partial charge in [-0.25, -0.2) is 8.42 Å². The molecule has 1 atom stereocenters. The van der Waals surface area contributed by atoms with Gasteiger partial charge in [-0.1, -0.05) is 104 Å². The zero-order valence-corrected chi connectivity index (χ0v) is 25.3. The number of nitrogens with zero attached hydrogens (tertiary/aromatic N) is 2. The average Bonchev–Trinajstić information content (AvgIpc) is 3.00. The summed E-state index contributed by atoms with van der Waals surface area (Å²) in [5.74, 6) is -0.707. The second-order valence-corrected chi connectivity index (χ2v) is 12.7. The normalized spacial score (nSPS) is 12.3. The number of unbranched alkanes of at least 4 members (excludes halogenated alkanes) is 1. The number of sulfonamides is 1. The third-order valence-electron chi connectivity index (χ3n) is 7.36. The summed E-state index contributed by atoms with van der Waals surface area (Å²) >= 11 is 0. The van der Waals surface area contributed by atoms with Crippen LogP contribution in [0, 0.1) is 6.92 Å². The smallest absolute Gasteiger partial charge is 0.243 e. The first-order valence-electron chi connectivity index (χ1n) is 14.3. The second kappa shape index (κ2) is 14.2. The van der Waals surface area contributed by atoms with Crippen LogP contribution in [-0.2, 0) is 32.6 Å². The third-order valence-corrected chi connectivity index (χ3v) is 9.16. The van der Waals surface area contributed by atoms with Gasteiger partial charge in [0.1, 0.15) is 6.04 Å². The molecule has 0 heterocycles. The molecule has 0 unspecified atom stereocenters. The molecule has 7 nitrogen and oxygen atoms in total. The van der Waals surface area contributed by atoms with Crippen LogP contribution in [0.3, 0.4) is 0 Å². The van der Waals surface area contributed by atoms with Gasteiger partial charge in [-0.15, -0.1) is 0 Å². The number of rotatable bonds is 13. The Balaban J connectivity index is 1.65. The number of carbonyl (C=O) groups excluding carboxylic acids is 2. The molecule has 0 aliphatic heterocycles. The first-order valence-corrected chi connectivity index (χ1v) is 15.7. The summed E-state index contributed by atoms with van der Waals surface area (Å²) in [4.78, 5) is 29.3. The Morgan fingerprint density at radius 3 is 2.19 bits per heavy atom. The molecule has 0 saturated carbocycles. The second-order valence-electron chi connectivity index (χ2n) is 10.6. The van der Waals surface area contributed by atoms with Crippen LogP contribution >= 0.6 is 0 Å². The van der Waals surface area contributed by atoms with E-state index in [2.05, 4.69) is 5.32 Å². The molecule has 4 aromatic rings. The SMILES string of the molecule is CCCCNC(=O)[C@@H](Cc1ccccc1)N(Cc1ccc(C)cc1)C(=O)CN(C)S(=O)(=O)c1ccc2ccccc2c1. The molecule has 0 radical (unpaired) electrons. The summed E-state index contributed by atoms with van der Waals surface area (Å²) < 4.78 is 28.2. The number of carbonyl (C=O) groups is 2. The fourth-order valence-electron chi connectivity index (χ4n) is 4.82. The number of benzene rings is 4. The van der Waals surface area contributed by atoms with Crippen molar-refractivity contribution in [2.75, 3.05) is 20.1 Å². The van der Waals surface area contributed by atoms with E-state index in [1.54, 1.807) is 18.2 Å². The zero-order chi connectivity index (χ0) is 30.1. The molecule has 0 spiro atoms. The molecular formula is C34H39N3O4S. The van der Waals surface area contributed by atoms with Gasteiger partial charge in [-0.3, -0.25) is 9.59 Å². The predicted molar refractivity (Wildman–Crippen MR) is 167 cm³/mol. The van der Waals surface area contributed by atoms with E-state index >= 15 is 0 Å². The highest BCUT2D eigenvalue weighted by Gasteiger charge is 2.33. The largest absolute Gasteiger partial charge is 0.354 e. The molecule has 0 aliphatic carbocycles. The van der Waals surface area contributed by atoms with Crippen molar-refractivity contribution in [3.63, 3.8) is 0 Å². The molecule has 8 heteroatoms. The number of aryl methyl sites for hydroxylation is 1. The number of hydrogen-bond acceptors (Lipinski definition) is 4. The van der Waals surface area contributed by atoms with Crippen LogP contribution < -0.4 is 5.32 Å². The van der Waals surface area contributed by atoms with E-state index in [-0.39, 0.29) is 17.3 Å². The first kappa shape index (κ1) is 30.9. The van der Waals surface area contributed by atoms with Gasteiger partial charge in [0.15, 0.2) is 0 Å². The summed E-state index contributed by atoms with van der Waals surface area (Å²) in [6.07, 6.45) is 2.05. The van der Waals surface area contributed by atoms with E-state index in [1.807, 2.05) is 92.7 Å². The monoisotopic (exact) mass is 585 g/mol. The highest BCUT2D eigenvalue weighted by molar-refractivity contribution is 7.89. The third kappa shape index (κ3) is 7.84. The quantitative estimate of drug-likeness (QED) is 0.215. The highest BCUT2D eigenvalue weighted by atomic mass is 32.2. The van der Waals surface area contributed by atoms with Crippen molar-refractivity contribution in [3.8, 4) is 0 Å². The molecule has 0 bridgehead atoms. The van der Waals surface area contributed by atoms with E-state index in [9.17, 15) is 18.0 Å². The number of nitrogens with one attached hydrogen (secondary N) is 1. The van der Waals surface area contributed by atoms with Gasteiger partial charge in [0.05, 0.1) is 11.4 Å². The van der Waals surface area contributed by atoms with Crippen molar-refractivity contribution in [1.82, 2.24) is 14.5 Å². The van der Waals surface area contributed by atoms with E-state index in [4.69, 9.17) is 0 Å². The van der Waals surface area contributed by atoms with Crippen LogP contribution in [0.4, 0.5) is 0 Å². The van der Waals surface area contributed by atoms with Crippen molar-refractivity contribution in [2.24, 2.45) is 0 Å². The van der Waals surface area contributed by atoms with Gasteiger partial charge >= 0.3 is 0 Å². The fourth-order valence-corrected chi connectivity index (χ4v) is 5.98. The molecular weight excluding hydrogens is 546 g/mol. The van der Waals surface area contributed by atoms with Crippen LogP contribution in [0.5, 0.6) is 0 Å². The molecule has 4 aromatic carbocycles. The van der Waals surface area contributed by atoms with Crippen LogP contribution in [0.1, 0.15) is 36.5 Å². The van der Waals surface area contributed by atoms with E-state index in [1.165, 1.54) is 11.9 Å². The summed E-state index contributed by atoms with van der Waals surface area (Å²) in [5.41, 5.74) is 2.84. The minimum Gasteiger partial charge on any atom is -0.354 e. The maximum absolute atomic E-state index is 14.0. The zero-order valence-electron chi connectivity index (χ0n) is 24.5. The molecule has 0 saturated heterocycles. The molecule has 2 amide bonds. The van der Waals surface area contributed by atoms with E-state index < -0.39 is 28.5 Å². The average molecular weight is 586 g/mol. The first-order chi connectivity index (χ1) is 20.2. The van der Waals surface area contributed by atoms with Gasteiger partial charge in [-0.2, -0.15) is 4.31 Å². The number of fused-ring (bicyclic) bond motifs is 1. The van der Waals surface area contributed by atoms with E-state index in [0.29, 0.717) is 13.0 Å². The fraction of sp³-hybridized carbons (Fsp3) is 0.294. The van der Waals surface area contributed by atoms with Gasteiger partial charge in [-0.05, 0) is 47.4 Å². The van der Waals surface area contributed by atoms with Crippen LogP contribution in [0.2, 0.25) is 0 Å². The van der Waals surface area contributed by atoms with Gasteiger partial charge in [0, 0.05) is 26.6 Å². The van der Waals surface area contributed by atoms with Crippen LogP contribution in [0.25, 0.3) is 10.8 Å². The lowest BCUT2D eigenvalue weighted by Crippen LogP contribution is -2.53. The lowest BCUT2D eigenvalue weighted by molar-refractivity contribution is -0.141. The molecule has 4 rings (SSSR count). The molecule has 0 fully saturated rings. The Hall–Kier alpha value is -4.01. The Labute approximate surface area is 249 Å². The molecule has 42 heavy (non-hydrogen) atoms. The van der Waals surface area contributed by atoms with E-state index in [0.717, 1.165) is 44.6 Å². The molecule has 220 valence electrons. The molecule has 0 aromatic heterocycles. The topological polar surface area (TPSA) is 86.8 Å². The Morgan fingerprint density at radius 1 is 0.833 bits per heavy atom. The minimum absolute atomic E-state index is 0.111. The number of likely N-dealkylation sites (N-methyl/N-ethyl adjacent to an activating group) is 1. The van der Waals surface area contributed by atoms with Gasteiger partial charge in [0.25, 0.3) is 0 Å². The maximum Gasteiger partial charge on any atom is 0.243 e. The summed E-state index contributed by atoms with van der Waals surface area (Å²) in [7, 11) is -2.57. The van der Waals surface area contributed by atoms with Crippen molar-refractivity contribution >= 4 is 32.6 Å². The summed E-state index contributed by atoms with van der Waals surface area (Å²) in [6, 6.07) is 29.0. The van der Waals surface area contributed by atoms with Crippen molar-refractivity contribution < 1.29 is 18.0 Å². The highest BCUT2D eigenvalue weighted by Crippen LogP contribution is 2.22. The van der Waals surface area contributed by atoms with Gasteiger partial charge < -0.3 is 10.2 Å². The molecule has 0 aliphatic rings. The van der Waals surface area contributed by atoms with Crippen LogP contribution in [-0.4, -0.2) is 55.6 Å². The Bertz CT molecular complexity index is 1610. The van der Waals surface area contributed by atoms with Crippen molar-refractivity contribution in [1.29, 1.82) is 0 Å².